The summed E-state index contributed by atoms with van der Waals surface area (Å²) in [6.45, 7) is 5.73. The highest BCUT2D eigenvalue weighted by Crippen LogP contribution is 2.47. The number of nitrogens with two attached hydrogens (primary N) is 1. The molecule has 1 aliphatic heterocycles. The predicted molar refractivity (Wildman–Crippen MR) is 149 cm³/mol. The summed E-state index contributed by atoms with van der Waals surface area (Å²) in [4.78, 5) is 27.0. The number of nitrogens with zero attached hydrogens (tertiary/aromatic N) is 5. The molecular formula is C25H36N7O8P. The van der Waals surface area contributed by atoms with Crippen LogP contribution in [0.15, 0.2) is 36.7 Å². The lowest BCUT2D eigenvalue weighted by molar-refractivity contribution is -0.149. The second kappa shape index (κ2) is 11.9. The van der Waals surface area contributed by atoms with Crippen LogP contribution in [-0.4, -0.2) is 86.4 Å². The monoisotopic (exact) mass is 593 g/mol. The van der Waals surface area contributed by atoms with Crippen molar-refractivity contribution in [1.29, 1.82) is 0 Å². The van der Waals surface area contributed by atoms with Gasteiger partial charge in [-0.25, -0.2) is 9.55 Å². The van der Waals surface area contributed by atoms with E-state index in [0.29, 0.717) is 11.3 Å². The third-order valence-electron chi connectivity index (χ3n) is 6.29. The van der Waals surface area contributed by atoms with E-state index < -0.39 is 56.5 Å². The van der Waals surface area contributed by atoms with E-state index in [2.05, 4.69) is 20.0 Å². The smallest absolute Gasteiger partial charge is 0.459 e. The summed E-state index contributed by atoms with van der Waals surface area (Å²) in [5, 5.41) is 24.9. The molecule has 1 aliphatic rings. The van der Waals surface area contributed by atoms with Crippen LogP contribution >= 0.6 is 7.75 Å². The molecular weight excluding hydrogens is 557 g/mol. The van der Waals surface area contributed by atoms with E-state index >= 15 is 0 Å². The van der Waals surface area contributed by atoms with Crippen molar-refractivity contribution in [1.82, 2.24) is 24.6 Å². The molecule has 4 rings (SSSR count). The van der Waals surface area contributed by atoms with Crippen LogP contribution in [0.4, 0.5) is 11.8 Å². The van der Waals surface area contributed by atoms with Gasteiger partial charge in [0.1, 0.15) is 29.6 Å². The Morgan fingerprint density at radius 2 is 1.95 bits per heavy atom. The summed E-state index contributed by atoms with van der Waals surface area (Å²) in [6.07, 6.45) is -2.84. The Morgan fingerprint density at radius 3 is 2.59 bits per heavy atom. The lowest BCUT2D eigenvalue weighted by Gasteiger charge is -2.27. The molecule has 1 fully saturated rings. The number of fused-ring (bicyclic) bond motifs is 1. The van der Waals surface area contributed by atoms with E-state index in [0.717, 1.165) is 0 Å². The Kier molecular flexibility index (Phi) is 8.87. The number of nitrogens with one attached hydrogen (secondary N) is 1. The molecule has 2 unspecified atom stereocenters. The number of carbonyl (C=O) groups excluding carboxylic acids is 1. The number of aliphatic hydroxyl groups excluding tert-OH is 1. The van der Waals surface area contributed by atoms with Crippen molar-refractivity contribution in [2.24, 2.45) is 0 Å². The fourth-order valence-electron chi connectivity index (χ4n) is 4.29. The molecule has 15 nitrogen and oxygen atoms in total. The number of aliphatic hydroxyl groups is 2. The Balaban J connectivity index is 1.57. The van der Waals surface area contributed by atoms with Crippen LogP contribution in [0.5, 0.6) is 5.75 Å². The van der Waals surface area contributed by atoms with E-state index in [-0.39, 0.29) is 17.3 Å². The minimum Gasteiger partial charge on any atom is -0.462 e. The van der Waals surface area contributed by atoms with Crippen molar-refractivity contribution in [2.75, 3.05) is 31.3 Å². The summed E-state index contributed by atoms with van der Waals surface area (Å²) >= 11 is 0. The molecule has 0 aliphatic carbocycles. The average molecular weight is 594 g/mol. The van der Waals surface area contributed by atoms with Gasteiger partial charge in [-0.2, -0.15) is 15.1 Å². The van der Waals surface area contributed by atoms with Crippen molar-refractivity contribution in [3.8, 4) is 5.75 Å². The number of esters is 1. The van der Waals surface area contributed by atoms with Gasteiger partial charge in [0.15, 0.2) is 23.2 Å². The first-order chi connectivity index (χ1) is 19.2. The fraction of sp³-hybridized carbons (Fsp3) is 0.520. The van der Waals surface area contributed by atoms with E-state index in [1.807, 2.05) is 0 Å². The number of aromatic nitrogens is 4. The van der Waals surface area contributed by atoms with Crippen LogP contribution in [0, 0.1) is 0 Å². The van der Waals surface area contributed by atoms with Crippen LogP contribution < -0.4 is 20.2 Å². The maximum Gasteiger partial charge on any atom is 0.459 e. The average Bonchev–Trinajstić information content (AvgIpc) is 3.40. The van der Waals surface area contributed by atoms with Crippen molar-refractivity contribution < 1.29 is 38.1 Å². The Morgan fingerprint density at radius 1 is 1.27 bits per heavy atom. The first kappa shape index (κ1) is 30.6. The van der Waals surface area contributed by atoms with Crippen LogP contribution in [0.3, 0.4) is 0 Å². The topological polar surface area (TPSA) is 196 Å². The number of imidazole rings is 1. The zero-order chi connectivity index (χ0) is 30.1. The highest BCUT2D eigenvalue weighted by Gasteiger charge is 2.54. The van der Waals surface area contributed by atoms with E-state index in [1.54, 1.807) is 63.2 Å². The quantitative estimate of drug-likeness (QED) is 0.185. The summed E-state index contributed by atoms with van der Waals surface area (Å²) in [6, 6.07) is 7.17. The molecule has 1 aromatic carbocycles. The van der Waals surface area contributed by atoms with Crippen molar-refractivity contribution in [3.63, 3.8) is 0 Å². The number of anilines is 2. The Bertz CT molecular complexity index is 1420. The van der Waals surface area contributed by atoms with Gasteiger partial charge in [-0.1, -0.05) is 18.2 Å². The number of ether oxygens (including phenoxy) is 2. The van der Waals surface area contributed by atoms with Crippen LogP contribution in [0.2, 0.25) is 0 Å². The maximum absolute atomic E-state index is 13.8. The number of rotatable bonds is 11. The van der Waals surface area contributed by atoms with Gasteiger partial charge < -0.3 is 34.8 Å². The van der Waals surface area contributed by atoms with Crippen molar-refractivity contribution in [2.45, 2.75) is 63.9 Å². The summed E-state index contributed by atoms with van der Waals surface area (Å²) in [7, 11) is -0.703. The standard InChI is InChI=1S/C25H36N7O8P/c1-14(2)38-22(34)15(3)30-41(36,40-16-10-8-7-9-11-16)37-12-17-19(33)25(4,35)23(39-17)32-13-27-18-20(31(5)6)28-24(26)29-21(18)32/h7-11,13-15,17,19,23,33,35H,12H2,1-6H3,(H,30,36)(H2,26,28,29)/t15-,17?,19+,23+,25+,41?/m0/s1. The number of nitrogen functional groups attached to an aromatic ring is 1. The minimum absolute atomic E-state index is 0.0174. The van der Waals surface area contributed by atoms with Crippen LogP contribution in [0.1, 0.15) is 33.9 Å². The van der Waals surface area contributed by atoms with Gasteiger partial charge >= 0.3 is 13.7 Å². The van der Waals surface area contributed by atoms with E-state index in [9.17, 15) is 19.6 Å². The van der Waals surface area contributed by atoms with Crippen LogP contribution in [-0.2, 0) is 23.4 Å². The largest absolute Gasteiger partial charge is 0.462 e. The highest BCUT2D eigenvalue weighted by molar-refractivity contribution is 7.52. The molecule has 0 saturated carbocycles. The zero-order valence-corrected chi connectivity index (χ0v) is 24.6. The van der Waals surface area contributed by atoms with Gasteiger partial charge in [-0.15, -0.1) is 0 Å². The fourth-order valence-corrected chi connectivity index (χ4v) is 5.79. The molecule has 6 atom stereocenters. The zero-order valence-electron chi connectivity index (χ0n) is 23.7. The third kappa shape index (κ3) is 6.61. The number of para-hydroxylation sites is 1. The Hall–Kier alpha value is -3.33. The van der Waals surface area contributed by atoms with Gasteiger partial charge in [0, 0.05) is 14.1 Å². The second-order valence-electron chi connectivity index (χ2n) is 10.4. The van der Waals surface area contributed by atoms with Gasteiger partial charge in [0.05, 0.1) is 19.0 Å². The van der Waals surface area contributed by atoms with Gasteiger partial charge in [0.2, 0.25) is 5.95 Å². The molecule has 0 bridgehead atoms. The molecule has 3 aromatic rings. The minimum atomic E-state index is -4.24. The molecule has 0 amide bonds. The molecule has 3 heterocycles. The molecule has 41 heavy (non-hydrogen) atoms. The number of hydrogen-bond acceptors (Lipinski definition) is 13. The van der Waals surface area contributed by atoms with Crippen molar-refractivity contribution in [3.05, 3.63) is 36.7 Å². The maximum atomic E-state index is 13.8. The summed E-state index contributed by atoms with van der Waals surface area (Å²) in [5.41, 5.74) is 4.74. The lowest BCUT2D eigenvalue weighted by Crippen LogP contribution is -2.44. The summed E-state index contributed by atoms with van der Waals surface area (Å²) < 4.78 is 37.8. The number of hydrogen-bond donors (Lipinski definition) is 4. The second-order valence-corrected chi connectivity index (χ2v) is 12.0. The van der Waals surface area contributed by atoms with Crippen LogP contribution in [0.25, 0.3) is 11.2 Å². The molecule has 5 N–H and O–H groups in total. The first-order valence-electron chi connectivity index (χ1n) is 12.9. The SMILES string of the molecule is CC(C)OC(=O)[C@H](C)NP(=O)(OCC1O[C@@H](n2cnc3c(N(C)C)nc(N)nc32)[C@](C)(O)[C@@H]1O)Oc1ccccc1. The number of carbonyl (C=O) groups is 1. The van der Waals surface area contributed by atoms with E-state index in [1.165, 1.54) is 24.7 Å². The lowest BCUT2D eigenvalue weighted by atomic mass is 9.96. The normalized spacial score (nSPS) is 24.8. The first-order valence-corrected chi connectivity index (χ1v) is 14.5. The molecule has 0 radical (unpaired) electrons. The van der Waals surface area contributed by atoms with E-state index in [4.69, 9.17) is 24.3 Å². The molecule has 16 heteroatoms. The molecule has 1 saturated heterocycles. The van der Waals surface area contributed by atoms with Gasteiger partial charge in [0.25, 0.3) is 0 Å². The summed E-state index contributed by atoms with van der Waals surface area (Å²) in [5.74, 6) is -0.00827. The number of benzene rings is 1. The molecule has 0 spiro atoms. The van der Waals surface area contributed by atoms with Gasteiger partial charge in [-0.05, 0) is 39.8 Å². The predicted octanol–water partition coefficient (Wildman–Crippen LogP) is 1.62. The molecule has 2 aromatic heterocycles. The Labute approximate surface area is 237 Å². The van der Waals surface area contributed by atoms with Crippen molar-refractivity contribution >= 4 is 36.6 Å². The third-order valence-corrected chi connectivity index (χ3v) is 7.93. The van der Waals surface area contributed by atoms with Gasteiger partial charge in [-0.3, -0.25) is 13.9 Å². The molecule has 224 valence electrons. The highest BCUT2D eigenvalue weighted by atomic mass is 31.2.